The van der Waals surface area contributed by atoms with Crippen molar-refractivity contribution in [1.82, 2.24) is 15.5 Å². The molecule has 1 fully saturated rings. The minimum atomic E-state index is -1.01. The molecule has 0 saturated carbocycles. The van der Waals surface area contributed by atoms with Gasteiger partial charge in [0.15, 0.2) is 0 Å². The van der Waals surface area contributed by atoms with Gasteiger partial charge < -0.3 is 10.6 Å². The summed E-state index contributed by atoms with van der Waals surface area (Å²) in [5, 5.41) is 5.64. The monoisotopic (exact) mass is 343 g/mol. The second-order valence-corrected chi connectivity index (χ2v) is 7.27. The average molecular weight is 343 g/mol. The topological polar surface area (TPSA) is 78.5 Å². The molecule has 0 radical (unpaired) electrons. The van der Waals surface area contributed by atoms with E-state index < -0.39 is 11.6 Å². The molecule has 1 aliphatic carbocycles. The van der Waals surface area contributed by atoms with Gasteiger partial charge in [0.05, 0.1) is 0 Å². The Morgan fingerprint density at radius 3 is 2.84 bits per heavy atom. The van der Waals surface area contributed by atoms with Crippen molar-refractivity contribution >= 4 is 17.8 Å². The molecule has 1 atom stereocenters. The fourth-order valence-corrected chi connectivity index (χ4v) is 3.65. The lowest BCUT2D eigenvalue weighted by molar-refractivity contribution is -0.135. The highest BCUT2D eigenvalue weighted by Crippen LogP contribution is 2.39. The first-order valence-corrected chi connectivity index (χ1v) is 8.93. The summed E-state index contributed by atoms with van der Waals surface area (Å²) in [4.78, 5) is 38.6. The molecule has 0 unspecified atom stereocenters. The van der Waals surface area contributed by atoms with Gasteiger partial charge in [-0.15, -0.1) is 0 Å². The molecule has 2 aliphatic rings. The van der Waals surface area contributed by atoms with Crippen LogP contribution in [0.3, 0.4) is 0 Å². The number of aryl methyl sites for hydroxylation is 1. The van der Waals surface area contributed by atoms with E-state index in [0.717, 1.165) is 35.3 Å². The molecule has 6 nitrogen and oxygen atoms in total. The fraction of sp³-hybridized carbons (Fsp3) is 0.526. The highest BCUT2D eigenvalue weighted by molar-refractivity contribution is 6.09. The van der Waals surface area contributed by atoms with E-state index in [4.69, 9.17) is 0 Å². The second-order valence-electron chi connectivity index (χ2n) is 7.27. The number of rotatable bonds is 5. The predicted molar refractivity (Wildman–Crippen MR) is 93.8 cm³/mol. The third-order valence-electron chi connectivity index (χ3n) is 5.00. The highest BCUT2D eigenvalue weighted by Gasteiger charge is 2.54. The Morgan fingerprint density at radius 1 is 1.32 bits per heavy atom. The molecule has 1 spiro atoms. The maximum Gasteiger partial charge on any atom is 0.325 e. The number of nitrogens with one attached hydrogen (secondary N) is 2. The summed E-state index contributed by atoms with van der Waals surface area (Å²) >= 11 is 0. The van der Waals surface area contributed by atoms with E-state index in [-0.39, 0.29) is 18.4 Å². The lowest BCUT2D eigenvalue weighted by Crippen LogP contribution is -2.47. The number of hydrogen-bond acceptors (Lipinski definition) is 3. The number of carbonyl (C=O) groups excluding carboxylic acids is 3. The summed E-state index contributed by atoms with van der Waals surface area (Å²) in [5.74, 6) is -0.131. The number of benzene rings is 1. The normalized spacial score (nSPS) is 22.3. The maximum absolute atomic E-state index is 13.0. The highest BCUT2D eigenvalue weighted by atomic mass is 16.2. The van der Waals surface area contributed by atoms with Gasteiger partial charge in [0.25, 0.3) is 5.91 Å². The van der Waals surface area contributed by atoms with Crippen molar-refractivity contribution in [2.45, 2.75) is 45.1 Å². The summed E-state index contributed by atoms with van der Waals surface area (Å²) in [6.45, 7) is 4.47. The van der Waals surface area contributed by atoms with Crippen LogP contribution in [0.15, 0.2) is 24.3 Å². The van der Waals surface area contributed by atoms with Crippen LogP contribution in [-0.4, -0.2) is 35.8 Å². The zero-order valence-electron chi connectivity index (χ0n) is 14.8. The minimum absolute atomic E-state index is 0.229. The molecule has 25 heavy (non-hydrogen) atoms. The van der Waals surface area contributed by atoms with Crippen molar-refractivity contribution in [2.24, 2.45) is 5.92 Å². The van der Waals surface area contributed by atoms with Crippen molar-refractivity contribution in [3.05, 3.63) is 35.4 Å². The number of fused-ring (bicyclic) bond motifs is 2. The Morgan fingerprint density at radius 2 is 2.08 bits per heavy atom. The summed E-state index contributed by atoms with van der Waals surface area (Å²) in [6.07, 6.45) is 3.16. The first kappa shape index (κ1) is 17.5. The fourth-order valence-electron chi connectivity index (χ4n) is 3.65. The molecule has 134 valence electrons. The van der Waals surface area contributed by atoms with Crippen LogP contribution in [0.4, 0.5) is 4.79 Å². The zero-order valence-corrected chi connectivity index (χ0v) is 14.8. The van der Waals surface area contributed by atoms with Crippen LogP contribution in [-0.2, 0) is 21.5 Å². The maximum atomic E-state index is 13.0. The summed E-state index contributed by atoms with van der Waals surface area (Å²) < 4.78 is 0. The molecule has 1 aromatic carbocycles. The number of carbonyl (C=O) groups is 3. The number of hydrogen-bond donors (Lipinski definition) is 2. The molecule has 1 aromatic rings. The second kappa shape index (κ2) is 6.86. The van der Waals surface area contributed by atoms with Crippen LogP contribution in [0.25, 0.3) is 0 Å². The van der Waals surface area contributed by atoms with E-state index in [9.17, 15) is 14.4 Å². The summed E-state index contributed by atoms with van der Waals surface area (Å²) in [6, 6.07) is 7.24. The third-order valence-corrected chi connectivity index (χ3v) is 5.00. The molecular formula is C19H25N3O3. The van der Waals surface area contributed by atoms with Crippen LogP contribution in [0.5, 0.6) is 0 Å². The third kappa shape index (κ3) is 3.25. The van der Waals surface area contributed by atoms with Crippen LogP contribution >= 0.6 is 0 Å². The Labute approximate surface area is 148 Å². The molecule has 0 aromatic heterocycles. The van der Waals surface area contributed by atoms with Crippen LogP contribution in [0.1, 0.15) is 44.2 Å². The van der Waals surface area contributed by atoms with Crippen molar-refractivity contribution in [2.75, 3.05) is 13.1 Å². The van der Waals surface area contributed by atoms with Crippen molar-refractivity contribution < 1.29 is 14.4 Å². The van der Waals surface area contributed by atoms with E-state index in [1.54, 1.807) is 0 Å². The van der Waals surface area contributed by atoms with Crippen LogP contribution in [0.2, 0.25) is 0 Å². The predicted octanol–water partition coefficient (Wildman–Crippen LogP) is 1.93. The van der Waals surface area contributed by atoms with Crippen molar-refractivity contribution in [3.63, 3.8) is 0 Å². The van der Waals surface area contributed by atoms with Crippen molar-refractivity contribution in [3.8, 4) is 0 Å². The van der Waals surface area contributed by atoms with E-state index in [2.05, 4.69) is 24.5 Å². The minimum Gasteiger partial charge on any atom is -0.355 e. The Kier molecular flexibility index (Phi) is 4.79. The largest absolute Gasteiger partial charge is 0.355 e. The molecule has 3 rings (SSSR count). The number of amides is 4. The van der Waals surface area contributed by atoms with Gasteiger partial charge in [0.2, 0.25) is 5.91 Å². The Hall–Kier alpha value is -2.37. The van der Waals surface area contributed by atoms with E-state index >= 15 is 0 Å². The number of urea groups is 1. The SMILES string of the molecule is CC(C)CCNC(=O)CN1C(=O)N[C@]2(CCCc3ccccc32)C1=O. The average Bonchev–Trinajstić information content (AvgIpc) is 2.80. The first-order chi connectivity index (χ1) is 11.9. The van der Waals surface area contributed by atoms with Gasteiger partial charge in [-0.3, -0.25) is 14.5 Å². The lowest BCUT2D eigenvalue weighted by Gasteiger charge is -2.33. The number of nitrogens with zero attached hydrogens (tertiary/aromatic N) is 1. The van der Waals surface area contributed by atoms with Gasteiger partial charge in [0, 0.05) is 6.54 Å². The van der Waals surface area contributed by atoms with E-state index in [1.807, 2.05) is 24.3 Å². The molecular weight excluding hydrogens is 318 g/mol. The van der Waals surface area contributed by atoms with Gasteiger partial charge in [0.1, 0.15) is 12.1 Å². The summed E-state index contributed by atoms with van der Waals surface area (Å²) in [7, 11) is 0. The lowest BCUT2D eigenvalue weighted by atomic mass is 9.76. The molecule has 1 aliphatic heterocycles. The van der Waals surface area contributed by atoms with Gasteiger partial charge in [-0.2, -0.15) is 0 Å². The van der Waals surface area contributed by atoms with Gasteiger partial charge >= 0.3 is 6.03 Å². The van der Waals surface area contributed by atoms with Crippen LogP contribution < -0.4 is 10.6 Å². The smallest absolute Gasteiger partial charge is 0.325 e. The molecule has 0 bridgehead atoms. The van der Waals surface area contributed by atoms with Gasteiger partial charge in [-0.05, 0) is 42.7 Å². The van der Waals surface area contributed by atoms with Gasteiger partial charge in [-0.25, -0.2) is 4.79 Å². The number of imide groups is 1. The standard InChI is InChI=1S/C19H25N3O3/c1-13(2)9-11-20-16(23)12-22-17(24)19(21-18(22)25)10-5-7-14-6-3-4-8-15(14)19/h3-4,6,8,13H,5,7,9-12H2,1-2H3,(H,20,23)(H,21,25)/t19-/m0/s1. The van der Waals surface area contributed by atoms with E-state index in [0.29, 0.717) is 18.9 Å². The molecule has 1 heterocycles. The van der Waals surface area contributed by atoms with E-state index in [1.165, 1.54) is 0 Å². The van der Waals surface area contributed by atoms with Crippen molar-refractivity contribution in [1.29, 1.82) is 0 Å². The van der Waals surface area contributed by atoms with Gasteiger partial charge in [-0.1, -0.05) is 38.1 Å². The quantitative estimate of drug-likeness (QED) is 0.802. The molecule has 6 heteroatoms. The zero-order chi connectivity index (χ0) is 18.0. The van der Waals surface area contributed by atoms with Crippen LogP contribution in [0, 0.1) is 5.92 Å². The molecule has 4 amide bonds. The molecule has 1 saturated heterocycles. The summed E-state index contributed by atoms with van der Waals surface area (Å²) in [5.41, 5.74) is 0.942. The Balaban J connectivity index is 1.74. The Bertz CT molecular complexity index is 701. The molecule has 2 N–H and O–H groups in total. The first-order valence-electron chi connectivity index (χ1n) is 8.93.